The zero-order valence-electron chi connectivity index (χ0n) is 36.3. The molecule has 2 fully saturated rings. The van der Waals surface area contributed by atoms with E-state index in [-0.39, 0.29) is 95.3 Å². The van der Waals surface area contributed by atoms with Crippen molar-refractivity contribution in [1.29, 1.82) is 10.5 Å². The van der Waals surface area contributed by atoms with Crippen LogP contribution in [-0.2, 0) is 19.0 Å². The van der Waals surface area contributed by atoms with Crippen LogP contribution < -0.4 is 5.32 Å². The lowest BCUT2D eigenvalue weighted by Gasteiger charge is -2.38. The average molecular weight is 986 g/mol. The third-order valence-corrected chi connectivity index (χ3v) is 11.8. The number of nitrogens with one attached hydrogen (secondary N) is 1. The highest BCUT2D eigenvalue weighted by Gasteiger charge is 2.41. The van der Waals surface area contributed by atoms with Crippen molar-refractivity contribution >= 4 is 24.3 Å². The monoisotopic (exact) mass is 984 g/mol. The molecule has 2 aliphatic rings. The lowest BCUT2D eigenvalue weighted by atomic mass is 9.74. The second kappa shape index (κ2) is 26.6. The number of hydrogen-bond acceptors (Lipinski definition) is 9. The van der Waals surface area contributed by atoms with E-state index < -0.39 is 28.9 Å². The maximum atomic E-state index is 13.5. The highest BCUT2D eigenvalue weighted by molar-refractivity contribution is 6.00. The van der Waals surface area contributed by atoms with Crippen molar-refractivity contribution in [1.82, 2.24) is 30.2 Å². The summed E-state index contributed by atoms with van der Waals surface area (Å²) in [6.07, 6.45) is 7.57. The summed E-state index contributed by atoms with van der Waals surface area (Å²) in [4.78, 5) is 42.0. The molecule has 8 rings (SSSR count). The number of amides is 1. The summed E-state index contributed by atoms with van der Waals surface area (Å²) in [6, 6.07) is 25.4. The minimum atomic E-state index is -4.73. The van der Waals surface area contributed by atoms with Gasteiger partial charge in [-0.2, -0.15) is 23.7 Å². The number of pyridine rings is 4. The highest BCUT2D eigenvalue weighted by Crippen LogP contribution is 2.40. The van der Waals surface area contributed by atoms with Crippen molar-refractivity contribution in [2.75, 3.05) is 26.2 Å². The second-order valence-electron chi connectivity index (χ2n) is 16.1. The predicted molar refractivity (Wildman–Crippen MR) is 263 cm³/mol. The number of likely N-dealkylation sites (tertiary alicyclic amines) is 1. The second-order valence-corrected chi connectivity index (χ2v) is 16.1. The van der Waals surface area contributed by atoms with Crippen LogP contribution in [0.1, 0.15) is 90.9 Å². The fourth-order valence-corrected chi connectivity index (χ4v) is 8.06. The quantitative estimate of drug-likeness (QED) is 0.140. The molecule has 6 aromatic rings. The Bertz CT molecular complexity index is 2720. The Labute approximate surface area is 412 Å². The molecule has 0 radical (unpaired) electrons. The van der Waals surface area contributed by atoms with Crippen molar-refractivity contribution in [3.63, 3.8) is 0 Å². The smallest absolute Gasteiger partial charge is 0.416 e. The van der Waals surface area contributed by atoms with E-state index in [0.717, 1.165) is 66.7 Å². The number of aromatic carboxylic acids is 1. The van der Waals surface area contributed by atoms with Gasteiger partial charge in [0.1, 0.15) is 11.6 Å². The Morgan fingerprint density at radius 2 is 1.14 bits per heavy atom. The van der Waals surface area contributed by atoms with Gasteiger partial charge in [0.2, 0.25) is 0 Å². The summed E-state index contributed by atoms with van der Waals surface area (Å²) in [6.45, 7) is 4.12. The van der Waals surface area contributed by atoms with Crippen molar-refractivity contribution in [2.45, 2.75) is 73.9 Å². The summed E-state index contributed by atoms with van der Waals surface area (Å²) in [7, 11) is 0. The van der Waals surface area contributed by atoms with Crippen LogP contribution in [0.2, 0.25) is 0 Å². The number of aromatic nitrogens is 4. The Morgan fingerprint density at radius 1 is 0.686 bits per heavy atom. The molecule has 2 aromatic carbocycles. The Hall–Kier alpha value is -7.14. The molecule has 370 valence electrons. The number of aryl methyl sites for hydroxylation is 1. The van der Waals surface area contributed by atoms with Crippen molar-refractivity contribution in [2.24, 2.45) is 10.8 Å². The summed E-state index contributed by atoms with van der Waals surface area (Å²) in [5.41, 5.74) is 2.54. The van der Waals surface area contributed by atoms with Crippen LogP contribution in [0.5, 0.6) is 0 Å². The first-order valence-electron chi connectivity index (χ1n) is 21.0. The van der Waals surface area contributed by atoms with Crippen LogP contribution in [0.25, 0.3) is 22.5 Å². The number of piperidine rings is 2. The molecule has 0 saturated carbocycles. The first-order valence-corrected chi connectivity index (χ1v) is 21.0. The maximum Gasteiger partial charge on any atom is 0.416 e. The minimum absolute atomic E-state index is 0. The van der Waals surface area contributed by atoms with E-state index in [4.69, 9.17) is 5.11 Å². The van der Waals surface area contributed by atoms with Gasteiger partial charge >= 0.3 is 12.1 Å². The molecule has 0 unspecified atom stereocenters. The maximum absolute atomic E-state index is 13.5. The number of alkyl halides is 3. The summed E-state index contributed by atoms with van der Waals surface area (Å²) < 4.78 is 66.8. The predicted octanol–water partition coefficient (Wildman–Crippen LogP) is 12.0. The zero-order valence-corrected chi connectivity index (χ0v) is 37.1. The number of carboxylic acid groups (broad SMARTS) is 1. The minimum Gasteiger partial charge on any atom is -0.478 e. The molecule has 1 amide bonds. The SMILES string of the molecule is C.C.C.Cc1cc(F)ccc1CC1(C#N)CCNCC1.Cl.N#CC1(Cc2ccc(F)cc2C(F)(F)F)CCN(C(=O)c2cccnc2-c2ccncc2)CC1.O=C(O)c1cccnc1-c1ccncc1. The van der Waals surface area contributed by atoms with Crippen LogP contribution in [0, 0.1) is 52.1 Å². The summed E-state index contributed by atoms with van der Waals surface area (Å²) in [5.74, 6) is -2.43. The molecule has 11 nitrogen and oxygen atoms in total. The summed E-state index contributed by atoms with van der Waals surface area (Å²) >= 11 is 0. The lowest BCUT2D eigenvalue weighted by Crippen LogP contribution is -2.44. The number of benzene rings is 2. The van der Waals surface area contributed by atoms with Crippen LogP contribution in [0.15, 0.2) is 122 Å². The fraction of sp³-hybridized carbons (Fsp3) is 0.321. The standard InChI is InChI=1S/C25H20F4N4O.C14H17FN2.C11H8N2O2.3CH4.ClH/c26-19-4-3-18(21(14-19)25(27,28)29)15-24(16-30)7-12-33(13-8-24)23(34)20-2-1-9-32-22(20)17-5-10-31-11-6-17;1-11-8-13(15)3-2-12(11)9-14(10-16)4-6-17-7-5-14;14-11(15)9-2-1-5-13-10(9)8-3-6-12-7-4-8;;;;/h1-6,9-11,14H,7-8,12-13,15H2;2-3,8,17H,4-7,9H2,1H3;1-7H,(H,14,15);3*1H4;1H. The van der Waals surface area contributed by atoms with Gasteiger partial charge in [0.15, 0.2) is 0 Å². The molecule has 2 aliphatic heterocycles. The van der Waals surface area contributed by atoms with E-state index in [9.17, 15) is 42.1 Å². The van der Waals surface area contributed by atoms with E-state index >= 15 is 0 Å². The normalized spacial score (nSPS) is 14.2. The van der Waals surface area contributed by atoms with E-state index in [1.165, 1.54) is 12.1 Å². The molecule has 4 aromatic heterocycles. The molecule has 6 heterocycles. The molecule has 2 saturated heterocycles. The number of halogens is 6. The molecular formula is C53H58ClF5N8O3. The largest absolute Gasteiger partial charge is 0.478 e. The van der Waals surface area contributed by atoms with Crippen LogP contribution in [0.3, 0.4) is 0 Å². The van der Waals surface area contributed by atoms with Crippen molar-refractivity contribution < 1.29 is 36.6 Å². The molecule has 70 heavy (non-hydrogen) atoms. The number of carbonyl (C=O) groups is 2. The lowest BCUT2D eigenvalue weighted by molar-refractivity contribution is -0.138. The Balaban J connectivity index is 0.000000392. The van der Waals surface area contributed by atoms with Crippen LogP contribution in [0.4, 0.5) is 22.0 Å². The third kappa shape index (κ3) is 14.9. The topological polar surface area (TPSA) is 169 Å². The zero-order chi connectivity index (χ0) is 47.3. The van der Waals surface area contributed by atoms with E-state index in [2.05, 4.69) is 37.4 Å². The molecule has 0 aliphatic carbocycles. The number of carboxylic acids is 1. The van der Waals surface area contributed by atoms with Gasteiger partial charge < -0.3 is 15.3 Å². The first-order chi connectivity index (χ1) is 31.7. The molecule has 2 N–H and O–H groups in total. The molecule has 0 atom stereocenters. The van der Waals surface area contributed by atoms with Crippen LogP contribution in [-0.4, -0.2) is 68.0 Å². The van der Waals surface area contributed by atoms with Crippen molar-refractivity contribution in [3.8, 4) is 34.7 Å². The third-order valence-electron chi connectivity index (χ3n) is 11.8. The van der Waals surface area contributed by atoms with E-state index in [0.29, 0.717) is 23.0 Å². The average Bonchev–Trinajstić information content (AvgIpc) is 3.34. The van der Waals surface area contributed by atoms with Gasteiger partial charge in [-0.05, 0) is 148 Å². The number of hydrogen-bond donors (Lipinski definition) is 2. The number of carbonyl (C=O) groups excluding carboxylic acids is 1. The first kappa shape index (κ1) is 59.0. The Kier molecular flexibility index (Phi) is 22.4. The fourth-order valence-electron chi connectivity index (χ4n) is 8.06. The molecule has 17 heteroatoms. The number of rotatable bonds is 8. The number of nitrogens with zero attached hydrogens (tertiary/aromatic N) is 7. The van der Waals surface area contributed by atoms with Crippen LogP contribution >= 0.6 is 12.4 Å². The van der Waals surface area contributed by atoms with Gasteiger partial charge in [-0.3, -0.25) is 24.7 Å². The van der Waals surface area contributed by atoms with Gasteiger partial charge in [-0.1, -0.05) is 34.4 Å². The molecule has 0 bridgehead atoms. The van der Waals surface area contributed by atoms with Gasteiger partial charge in [-0.25, -0.2) is 13.6 Å². The highest BCUT2D eigenvalue weighted by atomic mass is 35.5. The van der Waals surface area contributed by atoms with Gasteiger partial charge in [0, 0.05) is 61.4 Å². The van der Waals surface area contributed by atoms with Gasteiger partial charge in [0.05, 0.1) is 51.0 Å². The molecule has 0 spiro atoms. The van der Waals surface area contributed by atoms with Gasteiger partial charge in [0.25, 0.3) is 5.91 Å². The summed E-state index contributed by atoms with van der Waals surface area (Å²) in [5, 5.41) is 31.5. The molecular weight excluding hydrogens is 927 g/mol. The van der Waals surface area contributed by atoms with Gasteiger partial charge in [-0.15, -0.1) is 12.4 Å². The van der Waals surface area contributed by atoms with Crippen molar-refractivity contribution in [3.05, 3.63) is 167 Å². The number of nitriles is 2. The Morgan fingerprint density at radius 3 is 1.63 bits per heavy atom. The van der Waals surface area contributed by atoms with E-state index in [1.54, 1.807) is 90.6 Å². The van der Waals surface area contributed by atoms with E-state index in [1.807, 2.05) is 13.0 Å².